The van der Waals surface area contributed by atoms with Gasteiger partial charge in [-0.25, -0.2) is 0 Å². The lowest BCUT2D eigenvalue weighted by atomic mass is 9.98. The van der Waals surface area contributed by atoms with Crippen molar-refractivity contribution in [3.63, 3.8) is 0 Å². The van der Waals surface area contributed by atoms with Crippen LogP contribution < -0.4 is 0 Å². The van der Waals surface area contributed by atoms with E-state index in [0.29, 0.717) is 5.76 Å². The van der Waals surface area contributed by atoms with Gasteiger partial charge in [0.05, 0.1) is 12.9 Å². The van der Waals surface area contributed by atoms with Gasteiger partial charge < -0.3 is 14.3 Å². The number of halogens is 2. The average molecular weight is 305 g/mol. The lowest BCUT2D eigenvalue weighted by Crippen LogP contribution is -2.39. The van der Waals surface area contributed by atoms with E-state index in [1.165, 1.54) is 6.26 Å². The van der Waals surface area contributed by atoms with Crippen LogP contribution in [0.3, 0.4) is 0 Å². The van der Waals surface area contributed by atoms with Gasteiger partial charge in [0.25, 0.3) is 0 Å². The fraction of sp³-hybridized carbons (Fsp3) is 0.333. The van der Waals surface area contributed by atoms with E-state index in [2.05, 4.69) is 0 Å². The Balaban J connectivity index is 2.25. The molecule has 1 aliphatic carbocycles. The van der Waals surface area contributed by atoms with E-state index >= 15 is 0 Å². The zero-order chi connectivity index (χ0) is 14.0. The molecule has 1 aromatic rings. The molecule has 1 aromatic heterocycles. The van der Waals surface area contributed by atoms with Gasteiger partial charge in [-0.1, -0.05) is 11.6 Å². The smallest absolute Gasteiger partial charge is 0.228 e. The highest BCUT2D eigenvalue weighted by molar-refractivity contribution is 6.62. The van der Waals surface area contributed by atoms with Crippen molar-refractivity contribution in [1.82, 2.24) is 0 Å². The topological polar surface area (TPSA) is 76.7 Å². The van der Waals surface area contributed by atoms with Gasteiger partial charge >= 0.3 is 0 Å². The second-order valence-corrected chi connectivity index (χ2v) is 4.95. The monoisotopic (exact) mass is 304 g/mol. The molecule has 1 heterocycles. The summed E-state index contributed by atoms with van der Waals surface area (Å²) in [5, 5.41) is 8.32. The highest BCUT2D eigenvalue weighted by atomic mass is 35.5. The number of carbonyl (C=O) groups excluding carboxylic acids is 2. The third-order valence-corrected chi connectivity index (χ3v) is 3.48. The number of ether oxygens (including phenoxy) is 1. The summed E-state index contributed by atoms with van der Waals surface area (Å²) in [6, 6.07) is 3.23. The van der Waals surface area contributed by atoms with E-state index in [4.69, 9.17) is 37.5 Å². The molecule has 19 heavy (non-hydrogen) atoms. The highest BCUT2D eigenvalue weighted by Gasteiger charge is 2.55. The minimum Gasteiger partial charge on any atom is -0.486 e. The SMILES string of the molecule is O=C1C(Cl)=C(OCCO)C(=O)C1(Cl)Cc1ccco1. The summed E-state index contributed by atoms with van der Waals surface area (Å²) in [6.45, 7) is -0.444. The molecule has 2 rings (SSSR count). The lowest BCUT2D eigenvalue weighted by Gasteiger charge is -2.16. The van der Waals surface area contributed by atoms with Crippen LogP contribution in [0.1, 0.15) is 5.76 Å². The number of carbonyl (C=O) groups is 2. The van der Waals surface area contributed by atoms with Crippen LogP contribution >= 0.6 is 23.2 Å². The number of rotatable bonds is 5. The van der Waals surface area contributed by atoms with E-state index in [0.717, 1.165) is 0 Å². The normalized spacial score (nSPS) is 23.3. The quantitative estimate of drug-likeness (QED) is 0.657. The van der Waals surface area contributed by atoms with E-state index in [-0.39, 0.29) is 30.4 Å². The molecule has 0 aromatic carbocycles. The summed E-state index contributed by atoms with van der Waals surface area (Å²) in [5.41, 5.74) is 0. The highest BCUT2D eigenvalue weighted by Crippen LogP contribution is 2.38. The van der Waals surface area contributed by atoms with Crippen LogP contribution in [0.2, 0.25) is 0 Å². The summed E-state index contributed by atoms with van der Waals surface area (Å²) in [7, 11) is 0. The Hall–Kier alpha value is -1.30. The zero-order valence-electron chi connectivity index (χ0n) is 9.69. The molecule has 1 unspecified atom stereocenters. The van der Waals surface area contributed by atoms with Crippen LogP contribution in [-0.4, -0.2) is 34.8 Å². The zero-order valence-corrected chi connectivity index (χ0v) is 11.2. The number of ketones is 2. The molecule has 7 heteroatoms. The summed E-state index contributed by atoms with van der Waals surface area (Å²) in [4.78, 5) is 22.3. The first-order valence-corrected chi connectivity index (χ1v) is 6.20. The molecule has 1 aliphatic rings. The molecule has 0 fully saturated rings. The maximum absolute atomic E-state index is 12.1. The Labute approximate surface area is 118 Å². The van der Waals surface area contributed by atoms with Crippen LogP contribution in [0.15, 0.2) is 33.6 Å². The third kappa shape index (κ3) is 2.41. The van der Waals surface area contributed by atoms with E-state index < -0.39 is 16.4 Å². The molecule has 1 N–H and O–H groups in total. The predicted octanol–water partition coefficient (Wildman–Crippen LogP) is 1.41. The van der Waals surface area contributed by atoms with Crippen LogP contribution in [0, 0.1) is 0 Å². The van der Waals surface area contributed by atoms with Crippen LogP contribution in [0.4, 0.5) is 0 Å². The maximum Gasteiger partial charge on any atom is 0.228 e. The Morgan fingerprint density at radius 3 is 2.68 bits per heavy atom. The number of furan rings is 1. The maximum atomic E-state index is 12.1. The molecule has 0 spiro atoms. The van der Waals surface area contributed by atoms with Crippen molar-refractivity contribution in [3.8, 4) is 0 Å². The summed E-state index contributed by atoms with van der Waals surface area (Å²) in [5.74, 6) is -1.34. The number of allylic oxidation sites excluding steroid dienone is 2. The molecule has 0 saturated carbocycles. The molecule has 0 bridgehead atoms. The lowest BCUT2D eigenvalue weighted by molar-refractivity contribution is -0.126. The van der Waals surface area contributed by atoms with Gasteiger partial charge in [-0.15, -0.1) is 11.6 Å². The van der Waals surface area contributed by atoms with Crippen LogP contribution in [0.5, 0.6) is 0 Å². The first-order valence-electron chi connectivity index (χ1n) is 5.45. The van der Waals surface area contributed by atoms with Gasteiger partial charge in [0.2, 0.25) is 11.6 Å². The molecule has 5 nitrogen and oxygen atoms in total. The van der Waals surface area contributed by atoms with Crippen molar-refractivity contribution in [2.45, 2.75) is 11.3 Å². The number of hydrogen-bond donors (Lipinski definition) is 1. The molecule has 0 radical (unpaired) electrons. The van der Waals surface area contributed by atoms with Gasteiger partial charge in [-0.3, -0.25) is 9.59 Å². The Morgan fingerprint density at radius 1 is 1.37 bits per heavy atom. The molecule has 0 aliphatic heterocycles. The standard InChI is InChI=1S/C12H10Cl2O5/c13-8-9(19-5-3-15)11(17)12(14,10(8)16)6-7-2-1-4-18-7/h1-2,4,15H,3,5-6H2. The summed E-state index contributed by atoms with van der Waals surface area (Å²) < 4.78 is 10.1. The second kappa shape index (κ2) is 5.36. The van der Waals surface area contributed by atoms with Crippen molar-refractivity contribution < 1.29 is 23.8 Å². The Kier molecular flexibility index (Phi) is 3.99. The van der Waals surface area contributed by atoms with Crippen molar-refractivity contribution >= 4 is 34.8 Å². The fourth-order valence-electron chi connectivity index (χ4n) is 1.75. The minimum atomic E-state index is -1.83. The van der Waals surface area contributed by atoms with Crippen molar-refractivity contribution in [3.05, 3.63) is 34.9 Å². The number of alkyl halides is 1. The number of hydrogen-bond acceptors (Lipinski definition) is 5. The van der Waals surface area contributed by atoms with Gasteiger partial charge in [0.15, 0.2) is 10.6 Å². The largest absolute Gasteiger partial charge is 0.486 e. The van der Waals surface area contributed by atoms with Gasteiger partial charge in [0.1, 0.15) is 17.4 Å². The average Bonchev–Trinajstić information content (AvgIpc) is 2.94. The van der Waals surface area contributed by atoms with Gasteiger partial charge in [-0.05, 0) is 12.1 Å². The van der Waals surface area contributed by atoms with E-state index in [1.807, 2.05) is 0 Å². The van der Waals surface area contributed by atoms with Gasteiger partial charge in [-0.2, -0.15) is 0 Å². The van der Waals surface area contributed by atoms with E-state index in [9.17, 15) is 9.59 Å². The molecular weight excluding hydrogens is 295 g/mol. The van der Waals surface area contributed by atoms with Gasteiger partial charge in [0, 0.05) is 6.42 Å². The van der Waals surface area contributed by atoms with E-state index in [1.54, 1.807) is 12.1 Å². The second-order valence-electron chi connectivity index (χ2n) is 3.93. The first kappa shape index (κ1) is 14.1. The minimum absolute atomic E-state index is 0.110. The number of Topliss-reactive ketones (excluding diaryl/α,β-unsaturated/α-hetero) is 2. The molecule has 0 amide bonds. The molecule has 102 valence electrons. The third-order valence-electron chi connectivity index (χ3n) is 2.66. The van der Waals surface area contributed by atoms with Crippen LogP contribution in [0.25, 0.3) is 0 Å². The molecular formula is C12H10Cl2O5. The van der Waals surface area contributed by atoms with Crippen molar-refractivity contribution in [2.24, 2.45) is 0 Å². The fourth-order valence-corrected chi connectivity index (χ4v) is 2.41. The van der Waals surface area contributed by atoms with Crippen LogP contribution in [-0.2, 0) is 20.7 Å². The van der Waals surface area contributed by atoms with Crippen molar-refractivity contribution in [2.75, 3.05) is 13.2 Å². The number of aliphatic hydroxyl groups excluding tert-OH is 1. The first-order chi connectivity index (χ1) is 9.00. The Morgan fingerprint density at radius 2 is 2.11 bits per heavy atom. The van der Waals surface area contributed by atoms with Crippen molar-refractivity contribution in [1.29, 1.82) is 0 Å². The molecule has 1 atom stereocenters. The predicted molar refractivity (Wildman–Crippen MR) is 66.9 cm³/mol. The Bertz CT molecular complexity index is 534. The number of aliphatic hydroxyl groups is 1. The summed E-state index contributed by atoms with van der Waals surface area (Å²) >= 11 is 11.9. The summed E-state index contributed by atoms with van der Waals surface area (Å²) in [6.07, 6.45) is 1.30. The molecule has 0 saturated heterocycles.